The van der Waals surface area contributed by atoms with Crippen LogP contribution in [0, 0.1) is 0 Å². The first-order valence-corrected chi connectivity index (χ1v) is 10.8. The zero-order valence-corrected chi connectivity index (χ0v) is 18.2. The number of amides is 2. The summed E-state index contributed by atoms with van der Waals surface area (Å²) in [7, 11) is 3.27. The van der Waals surface area contributed by atoms with E-state index < -0.39 is 0 Å². The van der Waals surface area contributed by atoms with Crippen molar-refractivity contribution in [1.29, 1.82) is 0 Å². The molecular formula is C20H40N4O5. The second-order valence-corrected chi connectivity index (χ2v) is 7.21. The first-order valence-electron chi connectivity index (χ1n) is 10.8. The smallest absolute Gasteiger partial charge is 0.245 e. The predicted molar refractivity (Wildman–Crippen MR) is 111 cm³/mol. The van der Waals surface area contributed by atoms with Crippen molar-refractivity contribution in [3.05, 3.63) is 0 Å². The third kappa shape index (κ3) is 14.4. The van der Waals surface area contributed by atoms with Crippen molar-refractivity contribution in [1.82, 2.24) is 20.7 Å². The van der Waals surface area contributed by atoms with Crippen LogP contribution in [-0.2, 0) is 23.8 Å². The molecule has 1 fully saturated rings. The molecule has 0 aromatic rings. The van der Waals surface area contributed by atoms with Gasteiger partial charge in [-0.15, -0.1) is 0 Å². The van der Waals surface area contributed by atoms with Crippen molar-refractivity contribution < 1.29 is 23.8 Å². The van der Waals surface area contributed by atoms with E-state index in [1.807, 2.05) is 5.01 Å². The van der Waals surface area contributed by atoms with Gasteiger partial charge in [-0.05, 0) is 12.8 Å². The van der Waals surface area contributed by atoms with Gasteiger partial charge in [0.15, 0.2) is 0 Å². The van der Waals surface area contributed by atoms with Crippen molar-refractivity contribution in [2.24, 2.45) is 0 Å². The SMILES string of the molecule is CNC(=O)COCCN1CCN(NC(=O)CCCCCCCOCCOC)CC1. The number of hydrogen-bond acceptors (Lipinski definition) is 7. The average molecular weight is 417 g/mol. The number of unbranched alkanes of at least 4 members (excludes halogenated alkanes) is 4. The van der Waals surface area contributed by atoms with Gasteiger partial charge < -0.3 is 19.5 Å². The molecule has 29 heavy (non-hydrogen) atoms. The molecule has 1 rings (SSSR count). The molecule has 1 aliphatic heterocycles. The van der Waals surface area contributed by atoms with Crippen LogP contribution in [0.2, 0.25) is 0 Å². The number of nitrogens with one attached hydrogen (secondary N) is 2. The van der Waals surface area contributed by atoms with E-state index in [1.165, 1.54) is 0 Å². The van der Waals surface area contributed by atoms with E-state index in [2.05, 4.69) is 15.6 Å². The topological polar surface area (TPSA) is 92.4 Å². The molecule has 0 unspecified atom stereocenters. The molecule has 170 valence electrons. The highest BCUT2D eigenvalue weighted by molar-refractivity contribution is 5.76. The number of likely N-dealkylation sites (N-methyl/N-ethyl adjacent to an activating group) is 1. The molecule has 1 saturated heterocycles. The lowest BCUT2D eigenvalue weighted by Gasteiger charge is -2.34. The second kappa shape index (κ2) is 17.6. The minimum Gasteiger partial charge on any atom is -0.382 e. The van der Waals surface area contributed by atoms with Gasteiger partial charge in [-0.1, -0.05) is 19.3 Å². The second-order valence-electron chi connectivity index (χ2n) is 7.21. The first kappa shape index (κ1) is 25.8. The van der Waals surface area contributed by atoms with Crippen LogP contribution in [-0.4, -0.2) is 102 Å². The standard InChI is InChI=1S/C20H40N4O5/c1-21-20(26)18-29-15-13-23-9-11-24(12-10-23)22-19(25)8-6-4-3-5-7-14-28-17-16-27-2/h3-18H2,1-2H3,(H,21,26)(H,22,25). The van der Waals surface area contributed by atoms with Crippen LogP contribution in [0.15, 0.2) is 0 Å². The molecule has 2 amide bonds. The van der Waals surface area contributed by atoms with Gasteiger partial charge in [0.25, 0.3) is 0 Å². The van der Waals surface area contributed by atoms with E-state index in [1.54, 1.807) is 14.2 Å². The molecular weight excluding hydrogens is 376 g/mol. The van der Waals surface area contributed by atoms with Crippen LogP contribution >= 0.6 is 0 Å². The Kier molecular flexibility index (Phi) is 15.6. The van der Waals surface area contributed by atoms with Gasteiger partial charge in [-0.2, -0.15) is 0 Å². The van der Waals surface area contributed by atoms with Crippen LogP contribution in [0.4, 0.5) is 0 Å². The lowest BCUT2D eigenvalue weighted by atomic mass is 10.1. The fraction of sp³-hybridized carbons (Fsp3) is 0.900. The third-order valence-corrected chi connectivity index (χ3v) is 4.84. The Balaban J connectivity index is 1.92. The fourth-order valence-corrected chi connectivity index (χ4v) is 3.01. The molecule has 0 aromatic carbocycles. The van der Waals surface area contributed by atoms with Crippen molar-refractivity contribution in [2.75, 3.05) is 79.9 Å². The summed E-state index contributed by atoms with van der Waals surface area (Å²) in [4.78, 5) is 25.4. The molecule has 0 aromatic heterocycles. The quantitative estimate of drug-likeness (QED) is 0.332. The summed E-state index contributed by atoms with van der Waals surface area (Å²) in [6.45, 7) is 6.94. The van der Waals surface area contributed by atoms with E-state index in [0.717, 1.165) is 71.4 Å². The van der Waals surface area contributed by atoms with E-state index in [9.17, 15) is 9.59 Å². The number of hydrazine groups is 1. The molecule has 9 nitrogen and oxygen atoms in total. The number of hydrogen-bond donors (Lipinski definition) is 2. The van der Waals surface area contributed by atoms with Crippen LogP contribution in [0.3, 0.4) is 0 Å². The molecule has 0 atom stereocenters. The summed E-state index contributed by atoms with van der Waals surface area (Å²) >= 11 is 0. The summed E-state index contributed by atoms with van der Waals surface area (Å²) in [6, 6.07) is 0. The van der Waals surface area contributed by atoms with E-state index in [-0.39, 0.29) is 18.4 Å². The van der Waals surface area contributed by atoms with E-state index >= 15 is 0 Å². The summed E-state index contributed by atoms with van der Waals surface area (Å²) < 4.78 is 15.7. The van der Waals surface area contributed by atoms with Crippen molar-refractivity contribution >= 4 is 11.8 Å². The number of rotatable bonds is 17. The van der Waals surface area contributed by atoms with Gasteiger partial charge >= 0.3 is 0 Å². The number of ether oxygens (including phenoxy) is 3. The molecule has 1 heterocycles. The van der Waals surface area contributed by atoms with Crippen LogP contribution in [0.5, 0.6) is 0 Å². The zero-order chi connectivity index (χ0) is 21.2. The van der Waals surface area contributed by atoms with Gasteiger partial charge in [0.1, 0.15) is 6.61 Å². The van der Waals surface area contributed by atoms with Crippen molar-refractivity contribution in [3.63, 3.8) is 0 Å². The maximum Gasteiger partial charge on any atom is 0.245 e. The summed E-state index contributed by atoms with van der Waals surface area (Å²) in [5, 5.41) is 4.53. The minimum atomic E-state index is -0.107. The Labute approximate surface area is 175 Å². The lowest BCUT2D eigenvalue weighted by molar-refractivity contribution is -0.127. The fourth-order valence-electron chi connectivity index (χ4n) is 3.01. The average Bonchev–Trinajstić information content (AvgIpc) is 2.73. The van der Waals surface area contributed by atoms with Gasteiger partial charge in [0.05, 0.1) is 19.8 Å². The van der Waals surface area contributed by atoms with Gasteiger partial charge in [0.2, 0.25) is 11.8 Å². The van der Waals surface area contributed by atoms with Crippen LogP contribution < -0.4 is 10.7 Å². The first-order chi connectivity index (χ1) is 14.2. The maximum atomic E-state index is 12.1. The largest absolute Gasteiger partial charge is 0.382 e. The van der Waals surface area contributed by atoms with E-state index in [0.29, 0.717) is 26.2 Å². The van der Waals surface area contributed by atoms with Crippen LogP contribution in [0.1, 0.15) is 38.5 Å². The molecule has 0 spiro atoms. The molecule has 0 bridgehead atoms. The summed E-state index contributed by atoms with van der Waals surface area (Å²) in [6.07, 6.45) is 5.94. The highest BCUT2D eigenvalue weighted by atomic mass is 16.5. The molecule has 0 aliphatic carbocycles. The molecule has 2 N–H and O–H groups in total. The van der Waals surface area contributed by atoms with Gasteiger partial charge in [0, 0.05) is 59.9 Å². The molecule has 0 radical (unpaired) electrons. The Morgan fingerprint density at radius 2 is 1.55 bits per heavy atom. The number of methoxy groups -OCH3 is 1. The summed E-state index contributed by atoms with van der Waals surface area (Å²) in [5.41, 5.74) is 3.01. The molecule has 0 saturated carbocycles. The number of nitrogens with zero attached hydrogens (tertiary/aromatic N) is 2. The van der Waals surface area contributed by atoms with Gasteiger partial charge in [-0.25, -0.2) is 5.01 Å². The minimum absolute atomic E-state index is 0.106. The zero-order valence-electron chi connectivity index (χ0n) is 18.2. The van der Waals surface area contributed by atoms with Crippen molar-refractivity contribution in [2.45, 2.75) is 38.5 Å². The van der Waals surface area contributed by atoms with Crippen LogP contribution in [0.25, 0.3) is 0 Å². The monoisotopic (exact) mass is 416 g/mol. The van der Waals surface area contributed by atoms with E-state index in [4.69, 9.17) is 14.2 Å². The Hall–Kier alpha value is -1.26. The van der Waals surface area contributed by atoms with Crippen molar-refractivity contribution in [3.8, 4) is 0 Å². The molecule has 9 heteroatoms. The number of carbonyl (C=O) groups excluding carboxylic acids is 2. The Morgan fingerprint density at radius 1 is 0.828 bits per heavy atom. The summed E-state index contributed by atoms with van der Waals surface area (Å²) in [5.74, 6) is -0.000227. The number of carbonyl (C=O) groups is 2. The maximum absolute atomic E-state index is 12.1. The normalized spacial score (nSPS) is 15.4. The lowest BCUT2D eigenvalue weighted by Crippen LogP contribution is -2.54. The van der Waals surface area contributed by atoms with Gasteiger partial charge in [-0.3, -0.25) is 19.9 Å². The molecule has 1 aliphatic rings. The predicted octanol–water partition coefficient (Wildman–Crippen LogP) is 0.401. The third-order valence-electron chi connectivity index (χ3n) is 4.84. The Bertz CT molecular complexity index is 431. The number of piperazine rings is 1. The Morgan fingerprint density at radius 3 is 2.28 bits per heavy atom. The highest BCUT2D eigenvalue weighted by Crippen LogP contribution is 2.06. The highest BCUT2D eigenvalue weighted by Gasteiger charge is 2.18.